The number of nitrogens with zero attached hydrogens (tertiary/aromatic N) is 1. The van der Waals surface area contributed by atoms with E-state index in [2.05, 4.69) is 10.6 Å². The molecule has 3 amide bonds. The van der Waals surface area contributed by atoms with E-state index in [9.17, 15) is 27.6 Å². The molecule has 11 heteroatoms. The number of hydrogen-bond donors (Lipinski definition) is 2. The summed E-state index contributed by atoms with van der Waals surface area (Å²) in [6, 6.07) is 10.4. The quantitative estimate of drug-likeness (QED) is 0.321. The lowest BCUT2D eigenvalue weighted by molar-refractivity contribution is -0.131. The zero-order valence-electron chi connectivity index (χ0n) is 23.4. The number of fused-ring (bicyclic) bond motifs is 1. The summed E-state index contributed by atoms with van der Waals surface area (Å²) in [5, 5.41) is 4.18. The van der Waals surface area contributed by atoms with E-state index in [1.54, 1.807) is 17.0 Å². The first-order valence-electron chi connectivity index (χ1n) is 14.2. The molecule has 0 radical (unpaired) electrons. The molecule has 3 atom stereocenters. The van der Waals surface area contributed by atoms with Crippen LogP contribution in [0.1, 0.15) is 55.4 Å². The molecule has 43 heavy (non-hydrogen) atoms. The minimum atomic E-state index is -1.31. The highest BCUT2D eigenvalue weighted by Gasteiger charge is 2.43. The fourth-order valence-electron chi connectivity index (χ4n) is 5.72. The maximum Gasteiger partial charge on any atom is 0.251 e. The zero-order valence-corrected chi connectivity index (χ0v) is 24.2. The number of benzene rings is 3. The standard InChI is InChI=1S/C32H31F4N3O3S/c1-18(37-28(40)15-19-13-21(34)16-22(35)14-19)31(41)38-29-30(24-17-20(33)11-12-25(24)36)43-27-10-6-5-9-26(27)39(32(29)42)23-7-3-2-4-8-23/h5-6,9-14,16-18,23,29-30H,2-4,7-8,15H2,1H3,(H,37,40)(H,38,41)/t18-,29+,30+/m0/s1. The summed E-state index contributed by atoms with van der Waals surface area (Å²) in [6.45, 7) is 1.40. The second-order valence-electron chi connectivity index (χ2n) is 10.9. The third kappa shape index (κ3) is 7.04. The molecule has 0 unspecified atom stereocenters. The van der Waals surface area contributed by atoms with Crippen LogP contribution in [0, 0.1) is 23.3 Å². The van der Waals surface area contributed by atoms with E-state index < -0.39 is 58.3 Å². The minimum Gasteiger partial charge on any atom is -0.344 e. The molecular weight excluding hydrogens is 582 g/mol. The van der Waals surface area contributed by atoms with Gasteiger partial charge in [-0.3, -0.25) is 14.4 Å². The van der Waals surface area contributed by atoms with Crippen molar-refractivity contribution in [3.63, 3.8) is 0 Å². The van der Waals surface area contributed by atoms with Gasteiger partial charge in [0.25, 0.3) is 5.91 Å². The minimum absolute atomic E-state index is 0.0752. The number of amides is 3. The average molecular weight is 614 g/mol. The van der Waals surface area contributed by atoms with Crippen LogP contribution in [0.15, 0.2) is 65.6 Å². The number of rotatable bonds is 7. The number of carbonyl (C=O) groups excluding carboxylic acids is 3. The molecule has 3 aromatic carbocycles. The van der Waals surface area contributed by atoms with Gasteiger partial charge in [0.05, 0.1) is 17.4 Å². The molecule has 226 valence electrons. The molecule has 6 nitrogen and oxygen atoms in total. The zero-order chi connectivity index (χ0) is 30.7. The van der Waals surface area contributed by atoms with Crippen LogP contribution in [0.3, 0.4) is 0 Å². The van der Waals surface area contributed by atoms with Crippen LogP contribution in [0.2, 0.25) is 0 Å². The van der Waals surface area contributed by atoms with E-state index in [0.717, 1.165) is 74.2 Å². The van der Waals surface area contributed by atoms with Gasteiger partial charge in [0.15, 0.2) is 0 Å². The highest BCUT2D eigenvalue weighted by molar-refractivity contribution is 7.99. The molecular formula is C32H31F4N3O3S. The first-order chi connectivity index (χ1) is 20.6. The monoisotopic (exact) mass is 613 g/mol. The predicted molar refractivity (Wildman–Crippen MR) is 155 cm³/mol. The van der Waals surface area contributed by atoms with E-state index in [-0.39, 0.29) is 23.6 Å². The first kappa shape index (κ1) is 30.6. The van der Waals surface area contributed by atoms with Gasteiger partial charge in [-0.05, 0) is 67.8 Å². The lowest BCUT2D eigenvalue weighted by atomic mass is 9.92. The molecule has 0 saturated heterocycles. The van der Waals surface area contributed by atoms with Gasteiger partial charge in [0.1, 0.15) is 35.4 Å². The van der Waals surface area contributed by atoms with E-state index in [1.807, 2.05) is 12.1 Å². The Bertz CT molecular complexity index is 1510. The van der Waals surface area contributed by atoms with Crippen LogP contribution in [-0.4, -0.2) is 35.8 Å². The van der Waals surface area contributed by atoms with Crippen molar-refractivity contribution in [2.24, 2.45) is 0 Å². The van der Waals surface area contributed by atoms with Gasteiger partial charge in [-0.25, -0.2) is 17.6 Å². The summed E-state index contributed by atoms with van der Waals surface area (Å²) in [5.41, 5.74) is 0.654. The van der Waals surface area contributed by atoms with Crippen molar-refractivity contribution in [1.29, 1.82) is 0 Å². The topological polar surface area (TPSA) is 78.5 Å². The fraction of sp³-hybridized carbons (Fsp3) is 0.344. The Morgan fingerprint density at radius 3 is 2.35 bits per heavy atom. The SMILES string of the molecule is C[C@H](NC(=O)Cc1cc(F)cc(F)c1)C(=O)N[C@H]1C(=O)N(C2CCCCC2)c2ccccc2S[C@@H]1c1cc(F)ccc1F. The molecule has 3 aromatic rings. The summed E-state index contributed by atoms with van der Waals surface area (Å²) in [4.78, 5) is 42.9. The Balaban J connectivity index is 1.45. The average Bonchev–Trinajstić information content (AvgIpc) is 3.08. The third-order valence-corrected chi connectivity index (χ3v) is 9.12. The van der Waals surface area contributed by atoms with Gasteiger partial charge < -0.3 is 15.5 Å². The van der Waals surface area contributed by atoms with Crippen molar-refractivity contribution >= 4 is 35.2 Å². The van der Waals surface area contributed by atoms with Gasteiger partial charge in [-0.2, -0.15) is 0 Å². The number of hydrogen-bond acceptors (Lipinski definition) is 4. The molecule has 1 aliphatic carbocycles. The first-order valence-corrected chi connectivity index (χ1v) is 15.1. The maximum absolute atomic E-state index is 15.2. The normalized spacial score (nSPS) is 19.7. The Kier molecular flexibility index (Phi) is 9.39. The Hall–Kier alpha value is -3.86. The largest absolute Gasteiger partial charge is 0.344 e. The summed E-state index contributed by atoms with van der Waals surface area (Å²) in [6.07, 6.45) is 4.05. The van der Waals surface area contributed by atoms with Gasteiger partial charge >= 0.3 is 0 Å². The Morgan fingerprint density at radius 2 is 1.63 bits per heavy atom. The lowest BCUT2D eigenvalue weighted by Crippen LogP contribution is -2.57. The smallest absolute Gasteiger partial charge is 0.251 e. The molecule has 0 spiro atoms. The van der Waals surface area contributed by atoms with Gasteiger partial charge in [-0.15, -0.1) is 11.8 Å². The van der Waals surface area contributed by atoms with Crippen molar-refractivity contribution in [1.82, 2.24) is 10.6 Å². The van der Waals surface area contributed by atoms with Gasteiger partial charge in [0.2, 0.25) is 11.8 Å². The predicted octanol–water partition coefficient (Wildman–Crippen LogP) is 5.99. The summed E-state index contributed by atoms with van der Waals surface area (Å²) < 4.78 is 56.8. The molecule has 1 fully saturated rings. The Morgan fingerprint density at radius 1 is 0.930 bits per heavy atom. The van der Waals surface area contributed by atoms with Crippen LogP contribution in [-0.2, 0) is 20.8 Å². The van der Waals surface area contributed by atoms with Crippen LogP contribution in [0.5, 0.6) is 0 Å². The highest BCUT2D eigenvalue weighted by Crippen LogP contribution is 2.47. The van der Waals surface area contributed by atoms with Crippen molar-refractivity contribution in [3.8, 4) is 0 Å². The van der Waals surface area contributed by atoms with Crippen LogP contribution in [0.4, 0.5) is 23.2 Å². The number of carbonyl (C=O) groups is 3. The van der Waals surface area contributed by atoms with Crippen molar-refractivity contribution < 1.29 is 31.9 Å². The number of para-hydroxylation sites is 1. The number of thioether (sulfide) groups is 1. The van der Waals surface area contributed by atoms with Crippen LogP contribution >= 0.6 is 11.8 Å². The number of anilines is 1. The fourth-order valence-corrected chi connectivity index (χ4v) is 7.07. The summed E-state index contributed by atoms with van der Waals surface area (Å²) >= 11 is 1.16. The molecule has 1 aliphatic heterocycles. The molecule has 5 rings (SSSR count). The van der Waals surface area contributed by atoms with Crippen molar-refractivity contribution in [2.45, 2.75) is 73.7 Å². The molecule has 1 heterocycles. The van der Waals surface area contributed by atoms with Gasteiger partial charge in [0, 0.05) is 22.6 Å². The second-order valence-corrected chi connectivity index (χ2v) is 12.1. The molecule has 0 aromatic heterocycles. The summed E-state index contributed by atoms with van der Waals surface area (Å²) in [7, 11) is 0. The number of halogens is 4. The second kappa shape index (κ2) is 13.2. The highest BCUT2D eigenvalue weighted by atomic mass is 32.2. The van der Waals surface area contributed by atoms with Crippen molar-refractivity contribution in [3.05, 3.63) is 95.1 Å². The van der Waals surface area contributed by atoms with Gasteiger partial charge in [-0.1, -0.05) is 31.4 Å². The van der Waals surface area contributed by atoms with E-state index in [0.29, 0.717) is 16.6 Å². The van der Waals surface area contributed by atoms with Crippen molar-refractivity contribution in [2.75, 3.05) is 4.90 Å². The lowest BCUT2D eigenvalue weighted by Gasteiger charge is -2.36. The summed E-state index contributed by atoms with van der Waals surface area (Å²) in [5.74, 6) is -4.94. The molecule has 2 N–H and O–H groups in total. The molecule has 2 aliphatic rings. The van der Waals surface area contributed by atoms with Crippen LogP contribution < -0.4 is 15.5 Å². The maximum atomic E-state index is 15.2. The third-order valence-electron chi connectivity index (χ3n) is 7.74. The van der Waals surface area contributed by atoms with Crippen LogP contribution in [0.25, 0.3) is 0 Å². The molecule has 0 bridgehead atoms. The van der Waals surface area contributed by atoms with E-state index >= 15 is 4.39 Å². The number of nitrogens with one attached hydrogen (secondary N) is 2. The Labute approximate surface area is 251 Å². The van der Waals surface area contributed by atoms with E-state index in [1.165, 1.54) is 6.92 Å². The van der Waals surface area contributed by atoms with E-state index in [4.69, 9.17) is 0 Å². The molecule has 1 saturated carbocycles.